The molecule has 0 aliphatic heterocycles. The summed E-state index contributed by atoms with van der Waals surface area (Å²) >= 11 is 3.42. The van der Waals surface area contributed by atoms with Crippen LogP contribution in [0.4, 0.5) is 0 Å². The van der Waals surface area contributed by atoms with E-state index in [1.165, 1.54) is 4.21 Å². The lowest BCUT2D eigenvalue weighted by Crippen LogP contribution is -2.01. The summed E-state index contributed by atoms with van der Waals surface area (Å²) in [6.07, 6.45) is -0.202. The smallest absolute Gasteiger partial charge is 0.0606 e. The number of aliphatic hydroxyl groups excluding tert-OH is 1. The highest BCUT2D eigenvalue weighted by molar-refractivity contribution is 8.01. The fourth-order valence-corrected chi connectivity index (χ4v) is 2.22. The van der Waals surface area contributed by atoms with E-state index in [4.69, 9.17) is 5.11 Å². The monoisotopic (exact) mass is 174 g/mol. The maximum absolute atomic E-state index is 8.93. The van der Waals surface area contributed by atoms with Gasteiger partial charge in [0.1, 0.15) is 0 Å². The highest BCUT2D eigenvalue weighted by Crippen LogP contribution is 2.23. The van der Waals surface area contributed by atoms with Crippen LogP contribution < -0.4 is 0 Å². The van der Waals surface area contributed by atoms with E-state index in [9.17, 15) is 0 Å². The zero-order chi connectivity index (χ0) is 7.40. The van der Waals surface area contributed by atoms with Crippen LogP contribution in [0.5, 0.6) is 0 Å². The molecule has 0 aliphatic carbocycles. The van der Waals surface area contributed by atoms with E-state index in [0.29, 0.717) is 0 Å². The van der Waals surface area contributed by atoms with E-state index in [0.717, 1.165) is 5.75 Å². The SMILES string of the molecule is CC(O)CSc1cccs1. The Kier molecular flexibility index (Phi) is 3.25. The molecule has 1 nitrogen and oxygen atoms in total. The molecule has 0 spiro atoms. The Hall–Kier alpha value is 0.01000. The number of hydrogen-bond donors (Lipinski definition) is 1. The Morgan fingerprint density at radius 3 is 3.10 bits per heavy atom. The lowest BCUT2D eigenvalue weighted by Gasteiger charge is -1.99. The largest absolute Gasteiger partial charge is 0.393 e. The Labute approximate surface area is 69.1 Å². The van der Waals surface area contributed by atoms with Gasteiger partial charge in [0.15, 0.2) is 0 Å². The van der Waals surface area contributed by atoms with Gasteiger partial charge in [-0.05, 0) is 18.4 Å². The van der Waals surface area contributed by atoms with Gasteiger partial charge in [0, 0.05) is 5.75 Å². The molecule has 1 rings (SSSR count). The first kappa shape index (κ1) is 8.11. The van der Waals surface area contributed by atoms with Crippen LogP contribution in [-0.2, 0) is 0 Å². The molecule has 1 unspecified atom stereocenters. The lowest BCUT2D eigenvalue weighted by atomic mass is 10.5. The molecule has 0 bridgehead atoms. The molecular weight excluding hydrogens is 164 g/mol. The first-order valence-electron chi connectivity index (χ1n) is 3.13. The molecule has 1 N–H and O–H groups in total. The molecule has 0 fully saturated rings. The second-order valence-electron chi connectivity index (χ2n) is 2.09. The van der Waals surface area contributed by atoms with Crippen LogP contribution >= 0.6 is 23.1 Å². The summed E-state index contributed by atoms with van der Waals surface area (Å²) in [5.74, 6) is 0.792. The molecule has 1 aromatic heterocycles. The van der Waals surface area contributed by atoms with Gasteiger partial charge in [-0.25, -0.2) is 0 Å². The molecule has 56 valence electrons. The molecule has 10 heavy (non-hydrogen) atoms. The van der Waals surface area contributed by atoms with Gasteiger partial charge < -0.3 is 5.11 Å². The van der Waals surface area contributed by atoms with Crippen molar-refractivity contribution in [3.63, 3.8) is 0 Å². The third kappa shape index (κ3) is 2.73. The van der Waals surface area contributed by atoms with E-state index in [-0.39, 0.29) is 6.10 Å². The molecule has 1 atom stereocenters. The summed E-state index contributed by atoms with van der Waals surface area (Å²) in [5.41, 5.74) is 0. The molecule has 0 saturated carbocycles. The lowest BCUT2D eigenvalue weighted by molar-refractivity contribution is 0.220. The molecule has 0 aliphatic rings. The van der Waals surface area contributed by atoms with Crippen molar-refractivity contribution in [2.24, 2.45) is 0 Å². The zero-order valence-electron chi connectivity index (χ0n) is 5.78. The van der Waals surface area contributed by atoms with Gasteiger partial charge in [0.2, 0.25) is 0 Å². The Morgan fingerprint density at radius 2 is 2.60 bits per heavy atom. The van der Waals surface area contributed by atoms with Crippen LogP contribution in [0.15, 0.2) is 21.7 Å². The summed E-state index contributed by atoms with van der Waals surface area (Å²) in [6.45, 7) is 1.81. The Balaban J connectivity index is 2.28. The second-order valence-corrected chi connectivity index (χ2v) is 4.36. The van der Waals surface area contributed by atoms with E-state index in [1.807, 2.05) is 11.4 Å². The normalized spacial score (nSPS) is 13.4. The Morgan fingerprint density at radius 1 is 1.80 bits per heavy atom. The van der Waals surface area contributed by atoms with Crippen molar-refractivity contribution in [2.75, 3.05) is 5.75 Å². The number of thiophene rings is 1. The van der Waals surface area contributed by atoms with Gasteiger partial charge in [0.05, 0.1) is 10.3 Å². The molecular formula is C7H10OS2. The van der Waals surface area contributed by atoms with Gasteiger partial charge in [-0.1, -0.05) is 6.07 Å². The maximum Gasteiger partial charge on any atom is 0.0606 e. The zero-order valence-corrected chi connectivity index (χ0v) is 7.41. The van der Waals surface area contributed by atoms with Gasteiger partial charge in [0.25, 0.3) is 0 Å². The van der Waals surface area contributed by atoms with E-state index in [1.54, 1.807) is 30.0 Å². The standard InChI is InChI=1S/C7H10OS2/c1-6(8)5-10-7-3-2-4-9-7/h2-4,6,8H,5H2,1H3. The highest BCUT2D eigenvalue weighted by Gasteiger charge is 1.97. The van der Waals surface area contributed by atoms with Crippen LogP contribution in [0, 0.1) is 0 Å². The predicted octanol–water partition coefficient (Wildman–Crippen LogP) is 2.22. The Bertz CT molecular complexity index is 170. The average molecular weight is 174 g/mol. The van der Waals surface area contributed by atoms with Crippen molar-refractivity contribution >= 4 is 23.1 Å². The van der Waals surface area contributed by atoms with Crippen molar-refractivity contribution in [2.45, 2.75) is 17.2 Å². The first-order valence-corrected chi connectivity index (χ1v) is 5.00. The minimum atomic E-state index is -0.202. The average Bonchev–Trinajstić information content (AvgIpc) is 2.34. The molecule has 1 heterocycles. The molecule has 3 heteroatoms. The number of thioether (sulfide) groups is 1. The summed E-state index contributed by atoms with van der Waals surface area (Å²) in [6, 6.07) is 4.09. The third-order valence-corrected chi connectivity index (χ3v) is 3.34. The van der Waals surface area contributed by atoms with E-state index in [2.05, 4.69) is 6.07 Å². The second kappa shape index (κ2) is 4.01. The minimum absolute atomic E-state index is 0.202. The predicted molar refractivity (Wildman–Crippen MR) is 46.7 cm³/mol. The number of rotatable bonds is 3. The molecule has 0 amide bonds. The van der Waals surface area contributed by atoms with E-state index < -0.39 is 0 Å². The maximum atomic E-state index is 8.93. The quantitative estimate of drug-likeness (QED) is 0.709. The van der Waals surface area contributed by atoms with Crippen LogP contribution in [0.3, 0.4) is 0 Å². The fourth-order valence-electron chi connectivity index (χ4n) is 0.548. The third-order valence-electron chi connectivity index (χ3n) is 0.962. The molecule has 1 aromatic rings. The van der Waals surface area contributed by atoms with Crippen molar-refractivity contribution < 1.29 is 5.11 Å². The van der Waals surface area contributed by atoms with Crippen molar-refractivity contribution in [3.05, 3.63) is 17.5 Å². The van der Waals surface area contributed by atoms with Crippen LogP contribution in [0.25, 0.3) is 0 Å². The molecule has 0 aromatic carbocycles. The summed E-state index contributed by atoms with van der Waals surface area (Å²) in [5, 5.41) is 11.0. The highest BCUT2D eigenvalue weighted by atomic mass is 32.2. The molecule has 0 saturated heterocycles. The fraction of sp³-hybridized carbons (Fsp3) is 0.429. The van der Waals surface area contributed by atoms with Crippen LogP contribution in [-0.4, -0.2) is 17.0 Å². The van der Waals surface area contributed by atoms with E-state index >= 15 is 0 Å². The summed E-state index contributed by atoms with van der Waals surface area (Å²) < 4.78 is 1.28. The van der Waals surface area contributed by atoms with Gasteiger partial charge >= 0.3 is 0 Å². The van der Waals surface area contributed by atoms with Gasteiger partial charge in [-0.2, -0.15) is 0 Å². The van der Waals surface area contributed by atoms with Crippen molar-refractivity contribution in [3.8, 4) is 0 Å². The van der Waals surface area contributed by atoms with Crippen molar-refractivity contribution in [1.29, 1.82) is 0 Å². The van der Waals surface area contributed by atoms with Crippen LogP contribution in [0.1, 0.15) is 6.92 Å². The van der Waals surface area contributed by atoms with Crippen molar-refractivity contribution in [1.82, 2.24) is 0 Å². The number of aliphatic hydroxyl groups is 1. The van der Waals surface area contributed by atoms with Crippen LogP contribution in [0.2, 0.25) is 0 Å². The van der Waals surface area contributed by atoms with Gasteiger partial charge in [-0.3, -0.25) is 0 Å². The summed E-state index contributed by atoms with van der Waals surface area (Å²) in [7, 11) is 0. The first-order chi connectivity index (χ1) is 4.79. The number of hydrogen-bond acceptors (Lipinski definition) is 3. The molecule has 0 radical (unpaired) electrons. The minimum Gasteiger partial charge on any atom is -0.393 e. The topological polar surface area (TPSA) is 20.2 Å². The van der Waals surface area contributed by atoms with Gasteiger partial charge in [-0.15, -0.1) is 23.1 Å². The summed E-state index contributed by atoms with van der Waals surface area (Å²) in [4.78, 5) is 0.